The van der Waals surface area contributed by atoms with Gasteiger partial charge < -0.3 is 10.0 Å². The highest BCUT2D eigenvalue weighted by Crippen LogP contribution is 2.20. The van der Waals surface area contributed by atoms with Gasteiger partial charge in [0.05, 0.1) is 6.42 Å². The number of hydrogen-bond donors (Lipinski definition) is 2. The van der Waals surface area contributed by atoms with Crippen molar-refractivity contribution in [3.8, 4) is 0 Å². The number of halogens is 3. The van der Waals surface area contributed by atoms with Crippen LogP contribution >= 0.6 is 0 Å². The van der Waals surface area contributed by atoms with Crippen LogP contribution in [0.2, 0.25) is 0 Å². The molecule has 0 aromatic carbocycles. The highest BCUT2D eigenvalue weighted by molar-refractivity contribution is 5.78. The van der Waals surface area contributed by atoms with E-state index in [0.29, 0.717) is 0 Å². The SMILES string of the molecule is CC(C)NC(C)(CN(C)CCC(F)(F)F)C(=O)O. The lowest BCUT2D eigenvalue weighted by Crippen LogP contribution is -2.58. The van der Waals surface area contributed by atoms with Crippen LogP contribution in [0.25, 0.3) is 0 Å². The topological polar surface area (TPSA) is 52.6 Å². The monoisotopic (exact) mass is 270 g/mol. The summed E-state index contributed by atoms with van der Waals surface area (Å²) in [5, 5.41) is 12.0. The molecule has 0 aliphatic carbocycles. The number of carbonyl (C=O) groups is 1. The number of aliphatic carboxylic acids is 1. The standard InChI is InChI=1S/C11H21F3N2O2/c1-8(2)15-10(3,9(17)18)7-16(4)6-5-11(12,13)14/h8,15H,5-7H2,1-4H3,(H,17,18). The lowest BCUT2D eigenvalue weighted by atomic mass is 10.0. The molecule has 0 aliphatic rings. The van der Waals surface area contributed by atoms with Crippen molar-refractivity contribution in [3.05, 3.63) is 0 Å². The van der Waals surface area contributed by atoms with Crippen molar-refractivity contribution in [3.63, 3.8) is 0 Å². The Morgan fingerprint density at radius 2 is 1.89 bits per heavy atom. The number of hydrogen-bond acceptors (Lipinski definition) is 3. The largest absolute Gasteiger partial charge is 0.480 e. The number of nitrogens with zero attached hydrogens (tertiary/aromatic N) is 1. The van der Waals surface area contributed by atoms with Crippen LogP contribution in [-0.2, 0) is 4.79 Å². The smallest absolute Gasteiger partial charge is 0.390 e. The predicted octanol–water partition coefficient (Wildman–Crippen LogP) is 1.71. The number of carboxylic acid groups (broad SMARTS) is 1. The van der Waals surface area contributed by atoms with E-state index in [-0.39, 0.29) is 19.1 Å². The Balaban J connectivity index is 4.46. The molecule has 0 amide bonds. The first-order chi connectivity index (χ1) is 7.96. The Labute approximate surface area is 105 Å². The number of rotatable bonds is 7. The van der Waals surface area contributed by atoms with Crippen molar-refractivity contribution >= 4 is 5.97 Å². The fourth-order valence-electron chi connectivity index (χ4n) is 1.75. The van der Waals surface area contributed by atoms with Gasteiger partial charge in [0.2, 0.25) is 0 Å². The third-order valence-corrected chi connectivity index (χ3v) is 2.44. The summed E-state index contributed by atoms with van der Waals surface area (Å²) in [4.78, 5) is 12.6. The van der Waals surface area contributed by atoms with Crippen LogP contribution in [0, 0.1) is 0 Å². The summed E-state index contributed by atoms with van der Waals surface area (Å²) in [5.41, 5.74) is -1.26. The summed E-state index contributed by atoms with van der Waals surface area (Å²) in [7, 11) is 1.48. The highest BCUT2D eigenvalue weighted by Gasteiger charge is 2.35. The maximum absolute atomic E-state index is 12.1. The van der Waals surface area contributed by atoms with Crippen molar-refractivity contribution in [1.29, 1.82) is 0 Å². The number of nitrogens with one attached hydrogen (secondary N) is 1. The van der Waals surface area contributed by atoms with E-state index in [0.717, 1.165) is 0 Å². The predicted molar refractivity (Wildman–Crippen MR) is 62.5 cm³/mol. The van der Waals surface area contributed by atoms with Gasteiger partial charge in [0, 0.05) is 19.1 Å². The van der Waals surface area contributed by atoms with E-state index in [1.54, 1.807) is 13.8 Å². The van der Waals surface area contributed by atoms with Gasteiger partial charge in [0.25, 0.3) is 0 Å². The van der Waals surface area contributed by atoms with Crippen molar-refractivity contribution < 1.29 is 23.1 Å². The van der Waals surface area contributed by atoms with Gasteiger partial charge in [0.15, 0.2) is 0 Å². The number of alkyl halides is 3. The minimum atomic E-state index is -4.22. The number of carboxylic acids is 1. The Morgan fingerprint density at radius 1 is 1.39 bits per heavy atom. The summed E-state index contributed by atoms with van der Waals surface area (Å²) in [6.07, 6.45) is -5.17. The Morgan fingerprint density at radius 3 is 2.22 bits per heavy atom. The molecule has 0 rings (SSSR count). The zero-order valence-corrected chi connectivity index (χ0v) is 11.1. The Kier molecular flexibility index (Phi) is 6.09. The molecular formula is C11H21F3N2O2. The van der Waals surface area contributed by atoms with Crippen LogP contribution in [0.1, 0.15) is 27.2 Å². The Hall–Kier alpha value is -0.820. The molecule has 18 heavy (non-hydrogen) atoms. The lowest BCUT2D eigenvalue weighted by molar-refractivity contribution is -0.146. The summed E-state index contributed by atoms with van der Waals surface area (Å²) in [6.45, 7) is 4.84. The zero-order valence-electron chi connectivity index (χ0n) is 11.1. The minimum Gasteiger partial charge on any atom is -0.480 e. The van der Waals surface area contributed by atoms with Crippen molar-refractivity contribution in [2.45, 2.75) is 44.9 Å². The van der Waals surface area contributed by atoms with Gasteiger partial charge in [-0.2, -0.15) is 13.2 Å². The summed E-state index contributed by atoms with van der Waals surface area (Å²) in [6, 6.07) is -0.0675. The van der Waals surface area contributed by atoms with E-state index in [4.69, 9.17) is 5.11 Å². The van der Waals surface area contributed by atoms with E-state index < -0.39 is 24.1 Å². The molecule has 1 unspecified atom stereocenters. The molecule has 2 N–H and O–H groups in total. The normalized spacial score (nSPS) is 16.1. The van der Waals surface area contributed by atoms with Gasteiger partial charge in [-0.25, -0.2) is 0 Å². The first-order valence-electron chi connectivity index (χ1n) is 5.72. The molecule has 0 heterocycles. The van der Waals surface area contributed by atoms with Gasteiger partial charge in [0.1, 0.15) is 5.54 Å². The molecule has 0 aromatic heterocycles. The first kappa shape index (κ1) is 17.2. The van der Waals surface area contributed by atoms with Crippen LogP contribution in [0.4, 0.5) is 13.2 Å². The van der Waals surface area contributed by atoms with Crippen molar-refractivity contribution in [2.75, 3.05) is 20.1 Å². The maximum Gasteiger partial charge on any atom is 0.390 e. The third kappa shape index (κ3) is 6.80. The van der Waals surface area contributed by atoms with E-state index in [9.17, 15) is 18.0 Å². The molecule has 0 saturated carbocycles. The van der Waals surface area contributed by atoms with Gasteiger partial charge >= 0.3 is 12.1 Å². The molecule has 7 heteroatoms. The van der Waals surface area contributed by atoms with Crippen LogP contribution in [-0.4, -0.2) is 53.9 Å². The molecule has 1 atom stereocenters. The summed E-state index contributed by atoms with van der Waals surface area (Å²) < 4.78 is 36.2. The molecule has 0 radical (unpaired) electrons. The summed E-state index contributed by atoms with van der Waals surface area (Å²) in [5.74, 6) is -1.07. The van der Waals surface area contributed by atoms with Crippen molar-refractivity contribution in [1.82, 2.24) is 10.2 Å². The maximum atomic E-state index is 12.1. The van der Waals surface area contributed by atoms with E-state index in [1.165, 1.54) is 18.9 Å². The number of likely N-dealkylation sites (N-methyl/N-ethyl adjacent to an activating group) is 1. The van der Waals surface area contributed by atoms with Crippen LogP contribution < -0.4 is 5.32 Å². The van der Waals surface area contributed by atoms with Gasteiger partial charge in [-0.05, 0) is 27.8 Å². The Bertz CT molecular complexity index is 282. The first-order valence-corrected chi connectivity index (χ1v) is 5.72. The van der Waals surface area contributed by atoms with Gasteiger partial charge in [-0.1, -0.05) is 0 Å². The minimum absolute atomic E-state index is 0.0105. The second-order valence-corrected chi connectivity index (χ2v) is 5.04. The molecule has 0 spiro atoms. The second kappa shape index (κ2) is 6.38. The fraction of sp³-hybridized carbons (Fsp3) is 0.909. The van der Waals surface area contributed by atoms with Crippen LogP contribution in [0.5, 0.6) is 0 Å². The molecule has 4 nitrogen and oxygen atoms in total. The lowest BCUT2D eigenvalue weighted by Gasteiger charge is -2.33. The quantitative estimate of drug-likeness (QED) is 0.739. The molecule has 0 aliphatic heterocycles. The molecular weight excluding hydrogens is 249 g/mol. The fourth-order valence-corrected chi connectivity index (χ4v) is 1.75. The van der Waals surface area contributed by atoms with Crippen LogP contribution in [0.3, 0.4) is 0 Å². The van der Waals surface area contributed by atoms with Gasteiger partial charge in [-0.3, -0.25) is 10.1 Å². The van der Waals surface area contributed by atoms with Crippen LogP contribution in [0.15, 0.2) is 0 Å². The van der Waals surface area contributed by atoms with Gasteiger partial charge in [-0.15, -0.1) is 0 Å². The molecule has 0 aromatic rings. The molecule has 0 saturated heterocycles. The third-order valence-electron chi connectivity index (χ3n) is 2.44. The van der Waals surface area contributed by atoms with E-state index >= 15 is 0 Å². The van der Waals surface area contributed by atoms with E-state index in [1.807, 2.05) is 0 Å². The highest BCUT2D eigenvalue weighted by atomic mass is 19.4. The summed E-state index contributed by atoms with van der Waals surface area (Å²) >= 11 is 0. The average Bonchev–Trinajstić information content (AvgIpc) is 2.11. The zero-order chi connectivity index (χ0) is 14.6. The average molecular weight is 270 g/mol. The second-order valence-electron chi connectivity index (χ2n) is 5.04. The molecule has 0 bridgehead atoms. The molecule has 108 valence electrons. The molecule has 0 fully saturated rings. The van der Waals surface area contributed by atoms with Crippen molar-refractivity contribution in [2.24, 2.45) is 0 Å². The van der Waals surface area contributed by atoms with E-state index in [2.05, 4.69) is 5.32 Å².